The highest BCUT2D eigenvalue weighted by Crippen LogP contribution is 2.35. The van der Waals surface area contributed by atoms with Crippen LogP contribution < -0.4 is 5.73 Å². The van der Waals surface area contributed by atoms with Gasteiger partial charge in [-0.2, -0.15) is 11.8 Å². The minimum Gasteiger partial charge on any atom is -0.327 e. The average Bonchev–Trinajstić information content (AvgIpc) is 2.59. The van der Waals surface area contributed by atoms with E-state index in [9.17, 15) is 0 Å². The van der Waals surface area contributed by atoms with Crippen LogP contribution in [0.3, 0.4) is 0 Å². The Morgan fingerprint density at radius 2 is 2.21 bits per heavy atom. The fourth-order valence-corrected chi connectivity index (χ4v) is 3.45. The summed E-state index contributed by atoms with van der Waals surface area (Å²) in [5.74, 6) is 3.00. The molecule has 82 valence electrons. The van der Waals surface area contributed by atoms with Crippen molar-refractivity contribution in [1.82, 2.24) is 4.90 Å². The maximum absolute atomic E-state index is 6.18. The van der Waals surface area contributed by atoms with Crippen molar-refractivity contribution in [3.05, 3.63) is 0 Å². The number of likely N-dealkylation sites (tertiary alicyclic amines) is 1. The van der Waals surface area contributed by atoms with Crippen LogP contribution in [-0.4, -0.2) is 42.6 Å². The molecule has 0 spiro atoms. The minimum atomic E-state index is 0.494. The van der Waals surface area contributed by atoms with Gasteiger partial charge in [0.15, 0.2) is 0 Å². The van der Waals surface area contributed by atoms with Crippen molar-refractivity contribution in [1.29, 1.82) is 0 Å². The quantitative estimate of drug-likeness (QED) is 0.770. The van der Waals surface area contributed by atoms with Gasteiger partial charge in [0.1, 0.15) is 0 Å². The third-order valence-electron chi connectivity index (χ3n) is 3.84. The number of hydrogen-bond donors (Lipinski definition) is 1. The van der Waals surface area contributed by atoms with Crippen molar-refractivity contribution in [3.8, 4) is 0 Å². The first-order valence-corrected chi connectivity index (χ1v) is 7.17. The molecule has 2 aliphatic rings. The van der Waals surface area contributed by atoms with E-state index in [0.29, 0.717) is 6.04 Å². The zero-order chi connectivity index (χ0) is 9.97. The van der Waals surface area contributed by atoms with Crippen molar-refractivity contribution in [2.45, 2.75) is 25.3 Å². The molecule has 1 aliphatic carbocycles. The van der Waals surface area contributed by atoms with Gasteiger partial charge in [-0.1, -0.05) is 6.42 Å². The Bertz CT molecular complexity index is 186. The van der Waals surface area contributed by atoms with Crippen LogP contribution in [0.5, 0.6) is 0 Å². The molecular formula is C11H22N2S. The van der Waals surface area contributed by atoms with E-state index < -0.39 is 0 Å². The molecule has 0 bridgehead atoms. The number of nitrogens with zero attached hydrogens (tertiary/aromatic N) is 1. The fraction of sp³-hybridized carbons (Fsp3) is 1.00. The summed E-state index contributed by atoms with van der Waals surface area (Å²) in [4.78, 5) is 2.62. The molecule has 3 heteroatoms. The second-order valence-corrected chi connectivity index (χ2v) is 5.76. The Labute approximate surface area is 91.6 Å². The predicted molar refractivity (Wildman–Crippen MR) is 63.6 cm³/mol. The van der Waals surface area contributed by atoms with Crippen LogP contribution in [0, 0.1) is 11.8 Å². The lowest BCUT2D eigenvalue weighted by molar-refractivity contribution is 0.259. The molecule has 1 heterocycles. The minimum absolute atomic E-state index is 0.494. The first-order valence-electron chi connectivity index (χ1n) is 5.78. The first-order chi connectivity index (χ1) is 6.81. The lowest BCUT2D eigenvalue weighted by atomic mass is 9.78. The van der Waals surface area contributed by atoms with Gasteiger partial charge in [0.25, 0.3) is 0 Å². The first kappa shape index (κ1) is 10.8. The average molecular weight is 214 g/mol. The normalized spacial score (nSPS) is 38.6. The third kappa shape index (κ3) is 2.26. The van der Waals surface area contributed by atoms with E-state index in [2.05, 4.69) is 11.2 Å². The van der Waals surface area contributed by atoms with E-state index in [1.54, 1.807) is 0 Å². The molecule has 0 aromatic rings. The van der Waals surface area contributed by atoms with Crippen LogP contribution >= 0.6 is 11.8 Å². The van der Waals surface area contributed by atoms with Crippen molar-refractivity contribution in [2.75, 3.05) is 31.6 Å². The van der Waals surface area contributed by atoms with Gasteiger partial charge in [0.05, 0.1) is 0 Å². The molecule has 2 N–H and O–H groups in total. The van der Waals surface area contributed by atoms with E-state index in [0.717, 1.165) is 11.8 Å². The zero-order valence-corrected chi connectivity index (χ0v) is 9.93. The Kier molecular flexibility index (Phi) is 3.74. The predicted octanol–water partition coefficient (Wildman–Crippen LogP) is 1.41. The summed E-state index contributed by atoms with van der Waals surface area (Å²) in [6.07, 6.45) is 6.24. The molecule has 2 fully saturated rings. The highest BCUT2D eigenvalue weighted by Gasteiger charge is 2.38. The molecular weight excluding hydrogens is 192 g/mol. The van der Waals surface area contributed by atoms with Crippen LogP contribution in [0.15, 0.2) is 0 Å². The number of nitrogens with two attached hydrogens (primary N) is 1. The molecule has 0 amide bonds. The van der Waals surface area contributed by atoms with Gasteiger partial charge in [-0.25, -0.2) is 0 Å². The summed E-state index contributed by atoms with van der Waals surface area (Å²) >= 11 is 1.95. The van der Waals surface area contributed by atoms with Gasteiger partial charge < -0.3 is 10.6 Å². The molecule has 1 saturated carbocycles. The second kappa shape index (κ2) is 4.86. The molecule has 14 heavy (non-hydrogen) atoms. The highest BCUT2D eigenvalue weighted by molar-refractivity contribution is 7.98. The molecule has 3 unspecified atom stereocenters. The molecule has 0 radical (unpaired) electrons. The molecule has 1 saturated heterocycles. The number of fused-ring (bicyclic) bond motifs is 1. The van der Waals surface area contributed by atoms with E-state index in [4.69, 9.17) is 5.73 Å². The van der Waals surface area contributed by atoms with Crippen LogP contribution in [-0.2, 0) is 0 Å². The summed E-state index contributed by atoms with van der Waals surface area (Å²) in [5.41, 5.74) is 6.18. The van der Waals surface area contributed by atoms with E-state index >= 15 is 0 Å². The van der Waals surface area contributed by atoms with Crippen molar-refractivity contribution in [2.24, 2.45) is 17.6 Å². The largest absolute Gasteiger partial charge is 0.327 e. The molecule has 0 aromatic carbocycles. The maximum Gasteiger partial charge on any atom is 0.00825 e. The number of hydrogen-bond acceptors (Lipinski definition) is 3. The molecule has 2 rings (SSSR count). The van der Waals surface area contributed by atoms with Gasteiger partial charge >= 0.3 is 0 Å². The Balaban J connectivity index is 1.84. The van der Waals surface area contributed by atoms with E-state index in [-0.39, 0.29) is 0 Å². The SMILES string of the molecule is CSCCN1CC2CCCC(N)C2C1. The lowest BCUT2D eigenvalue weighted by Gasteiger charge is -2.29. The molecule has 2 nitrogen and oxygen atoms in total. The highest BCUT2D eigenvalue weighted by atomic mass is 32.2. The Hall–Kier alpha value is 0.270. The Morgan fingerprint density at radius 1 is 1.36 bits per heavy atom. The number of rotatable bonds is 3. The van der Waals surface area contributed by atoms with Gasteiger partial charge in [0.2, 0.25) is 0 Å². The van der Waals surface area contributed by atoms with Crippen molar-refractivity contribution >= 4 is 11.8 Å². The summed E-state index contributed by atoms with van der Waals surface area (Å²) in [6.45, 7) is 3.85. The van der Waals surface area contributed by atoms with Crippen LogP contribution in [0.1, 0.15) is 19.3 Å². The van der Waals surface area contributed by atoms with E-state index in [1.807, 2.05) is 11.8 Å². The zero-order valence-electron chi connectivity index (χ0n) is 9.11. The monoisotopic (exact) mass is 214 g/mol. The second-order valence-electron chi connectivity index (χ2n) is 4.77. The molecule has 3 atom stereocenters. The van der Waals surface area contributed by atoms with E-state index in [1.165, 1.54) is 44.6 Å². The van der Waals surface area contributed by atoms with Gasteiger partial charge in [-0.3, -0.25) is 0 Å². The van der Waals surface area contributed by atoms with Crippen molar-refractivity contribution < 1.29 is 0 Å². The smallest absolute Gasteiger partial charge is 0.00825 e. The van der Waals surface area contributed by atoms with Crippen molar-refractivity contribution in [3.63, 3.8) is 0 Å². The molecule has 0 aromatic heterocycles. The lowest BCUT2D eigenvalue weighted by Crippen LogP contribution is -2.38. The van der Waals surface area contributed by atoms with Gasteiger partial charge in [-0.15, -0.1) is 0 Å². The van der Waals surface area contributed by atoms with Crippen LogP contribution in [0.2, 0.25) is 0 Å². The van der Waals surface area contributed by atoms with Crippen LogP contribution in [0.25, 0.3) is 0 Å². The fourth-order valence-electron chi connectivity index (χ4n) is 3.01. The summed E-state index contributed by atoms with van der Waals surface area (Å²) < 4.78 is 0. The third-order valence-corrected chi connectivity index (χ3v) is 4.43. The summed E-state index contributed by atoms with van der Waals surface area (Å²) in [5, 5.41) is 0. The van der Waals surface area contributed by atoms with Gasteiger partial charge in [0, 0.05) is 31.4 Å². The summed E-state index contributed by atoms with van der Waals surface area (Å²) in [7, 11) is 0. The van der Waals surface area contributed by atoms with Crippen LogP contribution in [0.4, 0.5) is 0 Å². The van der Waals surface area contributed by atoms with Gasteiger partial charge in [-0.05, 0) is 30.9 Å². The maximum atomic E-state index is 6.18. The topological polar surface area (TPSA) is 29.3 Å². The summed E-state index contributed by atoms with van der Waals surface area (Å²) in [6, 6.07) is 0.494. The molecule has 1 aliphatic heterocycles. The Morgan fingerprint density at radius 3 is 2.93 bits per heavy atom. The number of thioether (sulfide) groups is 1. The standard InChI is InChI=1S/C11H22N2S/c1-14-6-5-13-7-9-3-2-4-11(12)10(9)8-13/h9-11H,2-8,12H2,1H3.